The quantitative estimate of drug-likeness (QED) is 0.743. The number of carbonyl (C=O) groups is 1. The summed E-state index contributed by atoms with van der Waals surface area (Å²) in [4.78, 5) is 13.6. The Morgan fingerprint density at radius 3 is 2.71 bits per heavy atom. The summed E-state index contributed by atoms with van der Waals surface area (Å²) >= 11 is 0. The summed E-state index contributed by atoms with van der Waals surface area (Å²) in [5.74, 6) is -1.17. The van der Waals surface area contributed by atoms with E-state index in [1.807, 2.05) is 0 Å². The lowest BCUT2D eigenvalue weighted by atomic mass is 10.2. The molecule has 0 aliphatic heterocycles. The number of ether oxygens (including phenoxy) is 1. The van der Waals surface area contributed by atoms with Gasteiger partial charge in [-0.25, -0.2) is 17.9 Å². The van der Waals surface area contributed by atoms with Crippen molar-refractivity contribution in [1.29, 1.82) is 0 Å². The molecule has 0 radical (unpaired) electrons. The summed E-state index contributed by atoms with van der Waals surface area (Å²) in [5, 5.41) is 8.90. The average Bonchev–Trinajstić information content (AvgIpc) is 2.97. The molecule has 112 valence electrons. The van der Waals surface area contributed by atoms with Gasteiger partial charge in [-0.05, 0) is 29.8 Å². The first-order valence-corrected chi connectivity index (χ1v) is 7.45. The molecule has 0 amide bonds. The van der Waals surface area contributed by atoms with Crippen LogP contribution >= 0.6 is 0 Å². The highest BCUT2D eigenvalue weighted by molar-refractivity contribution is 7.89. The van der Waals surface area contributed by atoms with Crippen LogP contribution < -0.4 is 9.46 Å². The van der Waals surface area contributed by atoms with Crippen LogP contribution in [0, 0.1) is 0 Å². The maximum absolute atomic E-state index is 12.2. The van der Waals surface area contributed by atoms with Gasteiger partial charge in [0.1, 0.15) is 10.6 Å². The minimum absolute atomic E-state index is 0.0172. The maximum atomic E-state index is 12.2. The number of aromatic nitrogens is 1. The third-order valence-corrected chi connectivity index (χ3v) is 4.27. The van der Waals surface area contributed by atoms with Gasteiger partial charge in [0, 0.05) is 18.9 Å². The minimum atomic E-state index is -3.80. The van der Waals surface area contributed by atoms with Crippen LogP contribution in [-0.2, 0) is 16.6 Å². The highest BCUT2D eigenvalue weighted by atomic mass is 32.2. The Morgan fingerprint density at radius 1 is 1.38 bits per heavy atom. The molecule has 2 rings (SSSR count). The maximum Gasteiger partial charge on any atom is 0.335 e. The van der Waals surface area contributed by atoms with Crippen molar-refractivity contribution in [3.8, 4) is 5.75 Å². The van der Waals surface area contributed by atoms with Crippen LogP contribution in [0.3, 0.4) is 0 Å². The second-order valence-corrected chi connectivity index (χ2v) is 5.95. The van der Waals surface area contributed by atoms with Crippen molar-refractivity contribution in [2.75, 3.05) is 7.11 Å². The molecule has 0 spiro atoms. The molecule has 0 aliphatic carbocycles. The lowest BCUT2D eigenvalue weighted by molar-refractivity contribution is 0.0696. The average molecular weight is 310 g/mol. The lowest BCUT2D eigenvalue weighted by Crippen LogP contribution is -2.23. The Hall–Kier alpha value is -2.32. The van der Waals surface area contributed by atoms with E-state index in [1.165, 1.54) is 25.3 Å². The number of carboxylic acids is 1. The zero-order valence-corrected chi connectivity index (χ0v) is 12.0. The van der Waals surface area contributed by atoms with Gasteiger partial charge in [0.25, 0.3) is 0 Å². The molecule has 0 saturated carbocycles. The Kier molecular flexibility index (Phi) is 4.29. The molecule has 0 unspecified atom stereocenters. The van der Waals surface area contributed by atoms with Gasteiger partial charge in [-0.2, -0.15) is 0 Å². The van der Waals surface area contributed by atoms with Crippen LogP contribution in [0.1, 0.15) is 15.9 Å². The molecule has 0 bridgehead atoms. The molecule has 1 aromatic heterocycles. The van der Waals surface area contributed by atoms with Gasteiger partial charge in [-0.15, -0.1) is 0 Å². The van der Waals surface area contributed by atoms with E-state index < -0.39 is 16.0 Å². The molecule has 3 N–H and O–H groups in total. The standard InChI is InChI=1S/C13H14N2O5S/c1-20-11-6-10(13(16)17)2-3-12(11)21(18,19)15-8-9-4-5-14-7-9/h2-7,14-15H,8H2,1H3,(H,16,17). The number of H-pyrrole nitrogens is 1. The monoisotopic (exact) mass is 310 g/mol. The molecule has 1 heterocycles. The SMILES string of the molecule is COc1cc(C(=O)O)ccc1S(=O)(=O)NCc1cc[nH]c1. The van der Waals surface area contributed by atoms with E-state index in [-0.39, 0.29) is 22.8 Å². The second-order valence-electron chi connectivity index (χ2n) is 4.21. The molecule has 0 fully saturated rings. The number of methoxy groups -OCH3 is 1. The van der Waals surface area contributed by atoms with Crippen LogP contribution in [0.2, 0.25) is 0 Å². The van der Waals surface area contributed by atoms with Gasteiger partial charge in [0.15, 0.2) is 0 Å². The minimum Gasteiger partial charge on any atom is -0.495 e. The van der Waals surface area contributed by atoms with Crippen molar-refractivity contribution in [3.63, 3.8) is 0 Å². The van der Waals surface area contributed by atoms with Gasteiger partial charge in [-0.3, -0.25) is 0 Å². The summed E-state index contributed by atoms with van der Waals surface area (Å²) in [5.41, 5.74) is 0.733. The van der Waals surface area contributed by atoms with Crippen LogP contribution in [-0.4, -0.2) is 31.6 Å². The van der Waals surface area contributed by atoms with E-state index >= 15 is 0 Å². The van der Waals surface area contributed by atoms with Crippen molar-refractivity contribution in [3.05, 3.63) is 47.8 Å². The fourth-order valence-corrected chi connectivity index (χ4v) is 2.91. The summed E-state index contributed by atoms with van der Waals surface area (Å²) in [7, 11) is -2.52. The van der Waals surface area contributed by atoms with Gasteiger partial charge in [0.2, 0.25) is 10.0 Å². The molecule has 0 saturated heterocycles. The van der Waals surface area contributed by atoms with Gasteiger partial charge >= 0.3 is 5.97 Å². The predicted molar refractivity (Wildman–Crippen MR) is 74.8 cm³/mol. The van der Waals surface area contributed by atoms with Crippen molar-refractivity contribution in [2.24, 2.45) is 0 Å². The summed E-state index contributed by atoms with van der Waals surface area (Å²) in [6, 6.07) is 5.35. The zero-order valence-electron chi connectivity index (χ0n) is 11.2. The first kappa shape index (κ1) is 15.1. The van der Waals surface area contributed by atoms with Crippen LogP contribution in [0.15, 0.2) is 41.6 Å². The number of hydrogen-bond donors (Lipinski definition) is 3. The molecule has 2 aromatic rings. The molecule has 1 aromatic carbocycles. The number of sulfonamides is 1. The molecule has 7 nitrogen and oxygen atoms in total. The van der Waals surface area contributed by atoms with E-state index in [4.69, 9.17) is 9.84 Å². The first-order valence-electron chi connectivity index (χ1n) is 5.96. The molecule has 8 heteroatoms. The summed E-state index contributed by atoms with van der Waals surface area (Å²) < 4.78 is 31.9. The fraction of sp³-hybridized carbons (Fsp3) is 0.154. The normalized spacial score (nSPS) is 11.3. The van der Waals surface area contributed by atoms with Crippen molar-refractivity contribution in [1.82, 2.24) is 9.71 Å². The number of carboxylic acid groups (broad SMARTS) is 1. The van der Waals surface area contributed by atoms with Gasteiger partial charge < -0.3 is 14.8 Å². The number of aromatic amines is 1. The van der Waals surface area contributed by atoms with Gasteiger partial charge in [-0.1, -0.05) is 0 Å². The summed E-state index contributed by atoms with van der Waals surface area (Å²) in [6.45, 7) is 0.121. The number of benzene rings is 1. The van der Waals surface area contributed by atoms with Crippen LogP contribution in [0.4, 0.5) is 0 Å². The highest BCUT2D eigenvalue weighted by Crippen LogP contribution is 2.25. The smallest absolute Gasteiger partial charge is 0.335 e. The van der Waals surface area contributed by atoms with Crippen molar-refractivity contribution in [2.45, 2.75) is 11.4 Å². The number of hydrogen-bond acceptors (Lipinski definition) is 4. The molecule has 21 heavy (non-hydrogen) atoms. The van der Waals surface area contributed by atoms with E-state index in [1.54, 1.807) is 18.5 Å². The predicted octanol–water partition coefficient (Wildman–Crippen LogP) is 1.20. The van der Waals surface area contributed by atoms with E-state index in [0.29, 0.717) is 0 Å². The number of aromatic carboxylic acids is 1. The second kappa shape index (κ2) is 5.98. The third kappa shape index (κ3) is 3.41. The van der Waals surface area contributed by atoms with Crippen LogP contribution in [0.5, 0.6) is 5.75 Å². The first-order chi connectivity index (χ1) is 9.94. The van der Waals surface area contributed by atoms with Crippen molar-refractivity contribution >= 4 is 16.0 Å². The Bertz CT molecular complexity index is 738. The number of rotatable bonds is 6. The van der Waals surface area contributed by atoms with E-state index in [2.05, 4.69) is 9.71 Å². The fourth-order valence-electron chi connectivity index (χ4n) is 1.75. The van der Waals surface area contributed by atoms with E-state index in [9.17, 15) is 13.2 Å². The number of nitrogens with one attached hydrogen (secondary N) is 2. The zero-order chi connectivity index (χ0) is 15.5. The Morgan fingerprint density at radius 2 is 2.14 bits per heavy atom. The topological polar surface area (TPSA) is 108 Å². The van der Waals surface area contributed by atoms with Crippen LogP contribution in [0.25, 0.3) is 0 Å². The largest absolute Gasteiger partial charge is 0.495 e. The molecular weight excluding hydrogens is 296 g/mol. The molecule has 0 atom stereocenters. The van der Waals surface area contributed by atoms with Gasteiger partial charge in [0.05, 0.1) is 12.7 Å². The lowest BCUT2D eigenvalue weighted by Gasteiger charge is -2.11. The third-order valence-electron chi connectivity index (χ3n) is 2.83. The van der Waals surface area contributed by atoms with Crippen molar-refractivity contribution < 1.29 is 23.1 Å². The Balaban J connectivity index is 2.28. The summed E-state index contributed by atoms with van der Waals surface area (Å²) in [6.07, 6.45) is 3.36. The van der Waals surface area contributed by atoms with E-state index in [0.717, 1.165) is 5.56 Å². The molecular formula is C13H14N2O5S. The molecule has 0 aliphatic rings. The Labute approximate surface area is 121 Å². The highest BCUT2D eigenvalue weighted by Gasteiger charge is 2.20.